The van der Waals surface area contributed by atoms with Crippen LogP contribution in [-0.2, 0) is 4.79 Å². The molecule has 3 rings (SSSR count). The smallest absolute Gasteiger partial charge is 0.234 e. The van der Waals surface area contributed by atoms with Gasteiger partial charge in [-0.3, -0.25) is 4.79 Å². The number of aromatic nitrogens is 2. The molecule has 1 amide bonds. The minimum Gasteiger partial charge on any atom is -0.324 e. The molecule has 1 aromatic carbocycles. The molecule has 0 radical (unpaired) electrons. The van der Waals surface area contributed by atoms with Gasteiger partial charge in [-0.15, -0.1) is 11.3 Å². The Hall–Kier alpha value is -1.34. The van der Waals surface area contributed by atoms with Crippen LogP contribution in [0.1, 0.15) is 10.4 Å². The maximum absolute atomic E-state index is 12.1. The first-order chi connectivity index (χ1) is 11.5. The molecule has 0 spiro atoms. The van der Waals surface area contributed by atoms with Gasteiger partial charge in [-0.25, -0.2) is 9.97 Å². The molecular weight excluding hydrogens is 385 g/mol. The van der Waals surface area contributed by atoms with Crippen LogP contribution in [0.25, 0.3) is 10.2 Å². The van der Waals surface area contributed by atoms with Crippen LogP contribution >= 0.6 is 46.3 Å². The van der Waals surface area contributed by atoms with Crippen LogP contribution in [0.15, 0.2) is 29.4 Å². The van der Waals surface area contributed by atoms with Crippen molar-refractivity contribution in [3.8, 4) is 0 Å². The lowest BCUT2D eigenvalue weighted by Crippen LogP contribution is -2.14. The maximum Gasteiger partial charge on any atom is 0.234 e. The number of nitrogens with one attached hydrogen (secondary N) is 1. The quantitative estimate of drug-likeness (QED) is 0.366. The predicted octanol–water partition coefficient (Wildman–Crippen LogP) is 5.35. The normalized spacial score (nSPS) is 11.0. The third-order valence-corrected chi connectivity index (χ3v) is 6.00. The zero-order valence-corrected chi connectivity index (χ0v) is 16.0. The summed E-state index contributed by atoms with van der Waals surface area (Å²) in [5.41, 5.74) is 1.69. The lowest BCUT2D eigenvalue weighted by Gasteiger charge is -2.06. The first-order valence-electron chi connectivity index (χ1n) is 7.06. The lowest BCUT2D eigenvalue weighted by molar-refractivity contribution is -0.113. The van der Waals surface area contributed by atoms with Crippen LogP contribution in [0.4, 0.5) is 5.69 Å². The van der Waals surface area contributed by atoms with Crippen LogP contribution in [0.5, 0.6) is 0 Å². The molecule has 124 valence electrons. The van der Waals surface area contributed by atoms with Crippen molar-refractivity contribution in [2.75, 3.05) is 11.1 Å². The number of anilines is 1. The summed E-state index contributed by atoms with van der Waals surface area (Å²) in [7, 11) is 0. The van der Waals surface area contributed by atoms with Crippen LogP contribution in [0.3, 0.4) is 0 Å². The monoisotopic (exact) mass is 397 g/mol. The molecule has 0 aliphatic heterocycles. The second-order valence-corrected chi connectivity index (χ2v) is 7.99. The molecule has 0 fully saturated rings. The van der Waals surface area contributed by atoms with Gasteiger partial charge in [0.25, 0.3) is 0 Å². The van der Waals surface area contributed by atoms with Crippen molar-refractivity contribution < 1.29 is 4.79 Å². The van der Waals surface area contributed by atoms with E-state index in [1.807, 2.05) is 26.0 Å². The van der Waals surface area contributed by atoms with Crippen LogP contribution < -0.4 is 5.32 Å². The van der Waals surface area contributed by atoms with Crippen molar-refractivity contribution in [2.24, 2.45) is 0 Å². The highest BCUT2D eigenvalue weighted by atomic mass is 35.5. The van der Waals surface area contributed by atoms with Crippen molar-refractivity contribution in [2.45, 2.75) is 19.0 Å². The number of para-hydroxylation sites is 1. The van der Waals surface area contributed by atoms with Gasteiger partial charge in [-0.1, -0.05) is 47.1 Å². The number of thioether (sulfide) groups is 1. The minimum atomic E-state index is -0.175. The van der Waals surface area contributed by atoms with Crippen molar-refractivity contribution in [1.82, 2.24) is 9.97 Å². The standard InChI is InChI=1S/C16H13Cl2N3OS2/c1-8-9(2)24-15-13(8)14(18)20-16(21-15)23-7-12(22)19-11-6-4-3-5-10(11)17/h3-6H,7H2,1-2H3,(H,19,22). The largest absolute Gasteiger partial charge is 0.324 e. The highest BCUT2D eigenvalue weighted by Gasteiger charge is 2.14. The summed E-state index contributed by atoms with van der Waals surface area (Å²) in [6.07, 6.45) is 0. The number of aryl methyl sites for hydroxylation is 2. The number of hydrogen-bond donors (Lipinski definition) is 1. The van der Waals surface area contributed by atoms with Crippen molar-refractivity contribution in [3.63, 3.8) is 0 Å². The Morgan fingerprint density at radius 3 is 2.75 bits per heavy atom. The topological polar surface area (TPSA) is 54.9 Å². The van der Waals surface area contributed by atoms with E-state index in [1.54, 1.807) is 23.5 Å². The molecule has 3 aromatic rings. The fraction of sp³-hybridized carbons (Fsp3) is 0.188. The molecule has 1 N–H and O–H groups in total. The van der Waals surface area contributed by atoms with Gasteiger partial charge >= 0.3 is 0 Å². The van der Waals surface area contributed by atoms with Gasteiger partial charge in [0.2, 0.25) is 5.91 Å². The number of carbonyl (C=O) groups excluding carboxylic acids is 1. The third-order valence-electron chi connectivity index (χ3n) is 3.44. The maximum atomic E-state index is 12.1. The molecule has 0 bridgehead atoms. The summed E-state index contributed by atoms with van der Waals surface area (Å²) in [4.78, 5) is 22.9. The zero-order valence-electron chi connectivity index (χ0n) is 12.9. The number of nitrogens with zero attached hydrogens (tertiary/aromatic N) is 2. The Morgan fingerprint density at radius 1 is 1.25 bits per heavy atom. The first-order valence-corrected chi connectivity index (χ1v) is 9.62. The SMILES string of the molecule is Cc1sc2nc(SCC(=O)Nc3ccccc3Cl)nc(Cl)c2c1C. The molecule has 0 saturated heterocycles. The van der Waals surface area contributed by atoms with Crippen LogP contribution in [0.2, 0.25) is 10.2 Å². The number of benzene rings is 1. The molecule has 2 heterocycles. The van der Waals surface area contributed by atoms with Crippen molar-refractivity contribution >= 4 is 68.1 Å². The summed E-state index contributed by atoms with van der Waals surface area (Å²) in [5, 5.41) is 5.08. The minimum absolute atomic E-state index is 0.175. The molecule has 8 heteroatoms. The summed E-state index contributed by atoms with van der Waals surface area (Å²) in [5.74, 6) is 0.00241. The number of carbonyl (C=O) groups is 1. The Balaban J connectivity index is 1.71. The van der Waals surface area contributed by atoms with E-state index in [2.05, 4.69) is 15.3 Å². The van der Waals surface area contributed by atoms with E-state index in [9.17, 15) is 4.79 Å². The average molecular weight is 398 g/mol. The first kappa shape index (κ1) is 17.5. The summed E-state index contributed by atoms with van der Waals surface area (Å²) in [6.45, 7) is 4.04. The number of halogens is 2. The number of hydrogen-bond acceptors (Lipinski definition) is 5. The highest BCUT2D eigenvalue weighted by molar-refractivity contribution is 7.99. The molecular formula is C16H13Cl2N3OS2. The second-order valence-electron chi connectivity index (χ2n) is 5.08. The average Bonchev–Trinajstić information content (AvgIpc) is 2.82. The molecule has 0 unspecified atom stereocenters. The van der Waals surface area contributed by atoms with E-state index in [-0.39, 0.29) is 11.7 Å². The Bertz CT molecular complexity index is 927. The zero-order chi connectivity index (χ0) is 17.3. The Kier molecular flexibility index (Phi) is 5.30. The van der Waals surface area contributed by atoms with Gasteiger partial charge < -0.3 is 5.32 Å². The fourth-order valence-corrected chi connectivity index (χ4v) is 4.46. The van der Waals surface area contributed by atoms with Crippen molar-refractivity contribution in [3.05, 3.63) is 44.9 Å². The van der Waals surface area contributed by atoms with E-state index in [4.69, 9.17) is 23.2 Å². The highest BCUT2D eigenvalue weighted by Crippen LogP contribution is 2.34. The van der Waals surface area contributed by atoms with E-state index in [1.165, 1.54) is 16.6 Å². The van der Waals surface area contributed by atoms with E-state index in [0.29, 0.717) is 21.0 Å². The number of fused-ring (bicyclic) bond motifs is 1. The van der Waals surface area contributed by atoms with E-state index in [0.717, 1.165) is 15.8 Å². The fourth-order valence-electron chi connectivity index (χ4n) is 2.13. The molecule has 4 nitrogen and oxygen atoms in total. The molecule has 0 saturated carbocycles. The Morgan fingerprint density at radius 2 is 2.00 bits per heavy atom. The third kappa shape index (κ3) is 3.67. The van der Waals surface area contributed by atoms with Gasteiger partial charge in [-0.2, -0.15) is 0 Å². The van der Waals surface area contributed by atoms with Gasteiger partial charge in [0.1, 0.15) is 9.98 Å². The number of thiophene rings is 1. The molecule has 0 aliphatic rings. The van der Waals surface area contributed by atoms with Gasteiger partial charge in [0.05, 0.1) is 21.8 Å². The molecule has 0 atom stereocenters. The number of rotatable bonds is 4. The van der Waals surface area contributed by atoms with Gasteiger partial charge in [0.15, 0.2) is 5.16 Å². The summed E-state index contributed by atoms with van der Waals surface area (Å²) in [6, 6.07) is 7.10. The van der Waals surface area contributed by atoms with Crippen LogP contribution in [-0.4, -0.2) is 21.6 Å². The van der Waals surface area contributed by atoms with E-state index < -0.39 is 0 Å². The summed E-state index contributed by atoms with van der Waals surface area (Å²) >= 11 is 15.1. The van der Waals surface area contributed by atoms with E-state index >= 15 is 0 Å². The van der Waals surface area contributed by atoms with Gasteiger partial charge in [-0.05, 0) is 31.5 Å². The second kappa shape index (κ2) is 7.27. The van der Waals surface area contributed by atoms with Crippen molar-refractivity contribution in [1.29, 1.82) is 0 Å². The van der Waals surface area contributed by atoms with Gasteiger partial charge in [0, 0.05) is 4.88 Å². The lowest BCUT2D eigenvalue weighted by atomic mass is 10.2. The van der Waals surface area contributed by atoms with Crippen LogP contribution in [0, 0.1) is 13.8 Å². The predicted molar refractivity (Wildman–Crippen MR) is 103 cm³/mol. The summed E-state index contributed by atoms with van der Waals surface area (Å²) < 4.78 is 0. The number of amides is 1. The Labute approximate surface area is 157 Å². The molecule has 2 aromatic heterocycles. The molecule has 24 heavy (non-hydrogen) atoms. The molecule has 0 aliphatic carbocycles.